The van der Waals surface area contributed by atoms with Crippen molar-refractivity contribution in [3.8, 4) is 5.75 Å². The Balaban J connectivity index is 1.59. The minimum absolute atomic E-state index is 0.258. The van der Waals surface area contributed by atoms with Gasteiger partial charge in [-0.05, 0) is 69.1 Å². The Kier molecular flexibility index (Phi) is 8.72. The van der Waals surface area contributed by atoms with Crippen molar-refractivity contribution in [1.29, 1.82) is 0 Å². The van der Waals surface area contributed by atoms with E-state index in [1.165, 1.54) is 32.4 Å². The Morgan fingerprint density at radius 2 is 1.63 bits per heavy atom. The van der Waals surface area contributed by atoms with E-state index >= 15 is 0 Å². The quantitative estimate of drug-likeness (QED) is 0.573. The summed E-state index contributed by atoms with van der Waals surface area (Å²) in [6, 6.07) is 4.19. The van der Waals surface area contributed by atoms with Crippen LogP contribution in [0.15, 0.2) is 12.1 Å². The lowest BCUT2D eigenvalue weighted by atomic mass is 9.93. The predicted octanol–water partition coefficient (Wildman–Crippen LogP) is 3.80. The molecule has 5 nitrogen and oxygen atoms in total. The van der Waals surface area contributed by atoms with E-state index in [1.807, 2.05) is 6.92 Å². The number of hydrogen-bond donors (Lipinski definition) is 0. The number of piperazine rings is 1. The van der Waals surface area contributed by atoms with Crippen LogP contribution in [0.3, 0.4) is 0 Å². The van der Waals surface area contributed by atoms with Crippen LogP contribution in [0, 0.1) is 6.92 Å². The summed E-state index contributed by atoms with van der Waals surface area (Å²) < 4.78 is 6.22. The van der Waals surface area contributed by atoms with Gasteiger partial charge < -0.3 is 14.5 Å². The van der Waals surface area contributed by atoms with Crippen LogP contribution in [0.25, 0.3) is 0 Å². The molecular formula is C25H41N3O2. The number of carbonyl (C=O) groups is 1. The molecule has 30 heavy (non-hydrogen) atoms. The second kappa shape index (κ2) is 11.3. The van der Waals surface area contributed by atoms with Crippen LogP contribution in [0.1, 0.15) is 66.9 Å². The number of likely N-dealkylation sites (N-methyl/N-ethyl adjacent to an activating group) is 1. The Morgan fingerprint density at radius 3 is 2.30 bits per heavy atom. The van der Waals surface area contributed by atoms with Gasteiger partial charge in [0.05, 0.1) is 0 Å². The zero-order valence-electron chi connectivity index (χ0n) is 19.6. The molecule has 0 bridgehead atoms. The first kappa shape index (κ1) is 23.2. The highest BCUT2D eigenvalue weighted by Gasteiger charge is 2.19. The lowest BCUT2D eigenvalue weighted by molar-refractivity contribution is 0.0941. The number of nitrogens with zero attached hydrogens (tertiary/aromatic N) is 3. The fourth-order valence-electron chi connectivity index (χ4n) is 4.51. The second-order valence-corrected chi connectivity index (χ2v) is 9.43. The average Bonchev–Trinajstić information content (AvgIpc) is 2.74. The van der Waals surface area contributed by atoms with Crippen LogP contribution in [-0.2, 0) is 0 Å². The number of ketones is 1. The van der Waals surface area contributed by atoms with Crippen molar-refractivity contribution in [3.63, 3.8) is 0 Å². The van der Waals surface area contributed by atoms with Gasteiger partial charge in [0, 0.05) is 51.3 Å². The molecule has 0 N–H and O–H groups in total. The molecule has 168 valence electrons. The molecule has 2 aliphatic heterocycles. The van der Waals surface area contributed by atoms with E-state index in [4.69, 9.17) is 4.74 Å². The first-order chi connectivity index (χ1) is 14.4. The second-order valence-electron chi connectivity index (χ2n) is 9.43. The lowest BCUT2D eigenvalue weighted by Gasteiger charge is -2.32. The normalized spacial score (nSPS) is 19.4. The molecule has 0 aromatic heterocycles. The highest BCUT2D eigenvalue weighted by molar-refractivity contribution is 5.98. The van der Waals surface area contributed by atoms with E-state index in [9.17, 15) is 4.79 Å². The maximum absolute atomic E-state index is 13.0. The number of likely N-dealkylation sites (tertiary alicyclic amines) is 1. The van der Waals surface area contributed by atoms with Gasteiger partial charge in [0.25, 0.3) is 0 Å². The molecular weight excluding hydrogens is 374 g/mol. The van der Waals surface area contributed by atoms with Crippen molar-refractivity contribution < 1.29 is 9.53 Å². The molecule has 0 unspecified atom stereocenters. The van der Waals surface area contributed by atoms with E-state index in [2.05, 4.69) is 47.7 Å². The number of carbonyl (C=O) groups excluding carboxylic acids is 1. The smallest absolute Gasteiger partial charge is 0.164 e. The van der Waals surface area contributed by atoms with Crippen LogP contribution in [0.2, 0.25) is 0 Å². The molecule has 1 aromatic rings. The molecule has 0 aliphatic carbocycles. The van der Waals surface area contributed by atoms with Gasteiger partial charge in [0.1, 0.15) is 12.4 Å². The van der Waals surface area contributed by atoms with E-state index in [-0.39, 0.29) is 5.78 Å². The average molecular weight is 416 g/mol. The molecule has 0 amide bonds. The molecule has 2 aliphatic rings. The van der Waals surface area contributed by atoms with Gasteiger partial charge in [-0.15, -0.1) is 0 Å². The zero-order chi connectivity index (χ0) is 21.5. The first-order valence-electron chi connectivity index (χ1n) is 11.9. The Hall–Kier alpha value is -1.43. The summed E-state index contributed by atoms with van der Waals surface area (Å²) in [4.78, 5) is 20.3. The van der Waals surface area contributed by atoms with Crippen molar-refractivity contribution in [2.75, 3.05) is 66.0 Å². The third-order valence-electron chi connectivity index (χ3n) is 6.64. The summed E-state index contributed by atoms with van der Waals surface area (Å²) in [6.45, 7) is 15.7. The maximum Gasteiger partial charge on any atom is 0.164 e. The van der Waals surface area contributed by atoms with Crippen molar-refractivity contribution in [2.45, 2.75) is 52.4 Å². The van der Waals surface area contributed by atoms with E-state index < -0.39 is 0 Å². The number of Topliss-reactive ketones (excluding diaryl/α,β-unsaturated/α-hetero) is 1. The van der Waals surface area contributed by atoms with Crippen molar-refractivity contribution in [3.05, 3.63) is 28.8 Å². The van der Waals surface area contributed by atoms with Crippen LogP contribution in [0.5, 0.6) is 5.75 Å². The van der Waals surface area contributed by atoms with Gasteiger partial charge in [-0.1, -0.05) is 20.3 Å². The minimum atomic E-state index is 0.258. The molecule has 0 radical (unpaired) electrons. The third-order valence-corrected chi connectivity index (χ3v) is 6.64. The van der Waals surface area contributed by atoms with Crippen LogP contribution >= 0.6 is 0 Å². The zero-order valence-corrected chi connectivity index (χ0v) is 19.6. The minimum Gasteiger partial charge on any atom is -0.492 e. The summed E-state index contributed by atoms with van der Waals surface area (Å²) in [5, 5.41) is 0. The summed E-state index contributed by atoms with van der Waals surface area (Å²) >= 11 is 0. The SMILES string of the molecule is Cc1cc(OCCN2CCCCC2)c(C(C)C)cc1C(=O)CCN1CCN(C)CC1. The van der Waals surface area contributed by atoms with E-state index in [0.717, 1.165) is 68.3 Å². The highest BCUT2D eigenvalue weighted by atomic mass is 16.5. The number of hydrogen-bond acceptors (Lipinski definition) is 5. The molecule has 0 spiro atoms. The summed E-state index contributed by atoms with van der Waals surface area (Å²) in [5.74, 6) is 1.54. The largest absolute Gasteiger partial charge is 0.492 e. The van der Waals surface area contributed by atoms with Gasteiger partial charge in [-0.25, -0.2) is 0 Å². The number of aryl methyl sites for hydroxylation is 1. The van der Waals surface area contributed by atoms with Crippen LogP contribution in [0.4, 0.5) is 0 Å². The Morgan fingerprint density at radius 1 is 0.967 bits per heavy atom. The third kappa shape index (κ3) is 6.53. The topological polar surface area (TPSA) is 36.0 Å². The standard InChI is InChI=1S/C25H41N3O2/c1-20(2)22-19-23(24(29)8-11-28-14-12-26(4)13-15-28)21(3)18-25(22)30-17-16-27-9-6-5-7-10-27/h18-20H,5-17H2,1-4H3. The summed E-state index contributed by atoms with van der Waals surface area (Å²) in [5.41, 5.74) is 3.06. The molecule has 5 heteroatoms. The van der Waals surface area contributed by atoms with Gasteiger partial charge in [-0.3, -0.25) is 9.69 Å². The lowest BCUT2D eigenvalue weighted by Crippen LogP contribution is -2.45. The van der Waals surface area contributed by atoms with E-state index in [1.54, 1.807) is 0 Å². The van der Waals surface area contributed by atoms with Gasteiger partial charge in [-0.2, -0.15) is 0 Å². The maximum atomic E-state index is 13.0. The number of piperidine rings is 1. The summed E-state index contributed by atoms with van der Waals surface area (Å²) in [7, 11) is 2.16. The molecule has 2 fully saturated rings. The van der Waals surface area contributed by atoms with Crippen molar-refractivity contribution >= 4 is 5.78 Å². The van der Waals surface area contributed by atoms with Crippen molar-refractivity contribution in [1.82, 2.24) is 14.7 Å². The van der Waals surface area contributed by atoms with Crippen LogP contribution in [-0.4, -0.2) is 86.5 Å². The van der Waals surface area contributed by atoms with Crippen molar-refractivity contribution in [2.24, 2.45) is 0 Å². The molecule has 0 saturated carbocycles. The molecule has 1 aromatic carbocycles. The fraction of sp³-hybridized carbons (Fsp3) is 0.720. The summed E-state index contributed by atoms with van der Waals surface area (Å²) in [6.07, 6.45) is 4.57. The van der Waals surface area contributed by atoms with Gasteiger partial charge >= 0.3 is 0 Å². The number of ether oxygens (including phenoxy) is 1. The van der Waals surface area contributed by atoms with Crippen LogP contribution < -0.4 is 4.74 Å². The fourth-order valence-corrected chi connectivity index (χ4v) is 4.51. The number of rotatable bonds is 9. The molecule has 2 saturated heterocycles. The molecule has 2 heterocycles. The van der Waals surface area contributed by atoms with E-state index in [0.29, 0.717) is 12.3 Å². The number of benzene rings is 1. The Labute approximate surface area is 183 Å². The molecule has 0 atom stereocenters. The Bertz CT molecular complexity index is 690. The predicted molar refractivity (Wildman–Crippen MR) is 124 cm³/mol. The van der Waals surface area contributed by atoms with Gasteiger partial charge in [0.15, 0.2) is 5.78 Å². The monoisotopic (exact) mass is 415 g/mol. The first-order valence-corrected chi connectivity index (χ1v) is 11.9. The highest BCUT2D eigenvalue weighted by Crippen LogP contribution is 2.30. The van der Waals surface area contributed by atoms with Gasteiger partial charge in [0.2, 0.25) is 0 Å². The molecule has 3 rings (SSSR count).